The van der Waals surface area contributed by atoms with E-state index in [9.17, 15) is 14.7 Å². The van der Waals surface area contributed by atoms with Crippen molar-refractivity contribution in [2.75, 3.05) is 10.6 Å². The summed E-state index contributed by atoms with van der Waals surface area (Å²) in [6.45, 7) is 3.74. The van der Waals surface area contributed by atoms with E-state index < -0.39 is 11.8 Å². The van der Waals surface area contributed by atoms with Crippen molar-refractivity contribution in [2.45, 2.75) is 13.8 Å². The highest BCUT2D eigenvalue weighted by Gasteiger charge is 2.17. The Labute approximate surface area is 145 Å². The van der Waals surface area contributed by atoms with Gasteiger partial charge in [0.2, 0.25) is 0 Å². The average molecular weight is 334 g/mol. The summed E-state index contributed by atoms with van der Waals surface area (Å²) in [5.41, 5.74) is 2.88. The van der Waals surface area contributed by atoms with Gasteiger partial charge in [0.25, 0.3) is 0 Å². The fourth-order valence-electron chi connectivity index (χ4n) is 2.76. The molecule has 126 valence electrons. The highest BCUT2D eigenvalue weighted by molar-refractivity contribution is 6.44. The lowest BCUT2D eigenvalue weighted by Crippen LogP contribution is -2.29. The van der Waals surface area contributed by atoms with E-state index in [0.29, 0.717) is 22.1 Å². The number of carbonyl (C=O) groups is 2. The van der Waals surface area contributed by atoms with E-state index >= 15 is 0 Å². The van der Waals surface area contributed by atoms with Crippen LogP contribution in [-0.2, 0) is 9.59 Å². The van der Waals surface area contributed by atoms with Gasteiger partial charge in [-0.05, 0) is 37.1 Å². The molecular formula is C20H18N2O3. The lowest BCUT2D eigenvalue weighted by molar-refractivity contribution is -0.132. The third-order valence-corrected chi connectivity index (χ3v) is 4.07. The maximum Gasteiger partial charge on any atom is 0.314 e. The first-order valence-corrected chi connectivity index (χ1v) is 7.86. The molecule has 0 aliphatic rings. The number of aromatic hydroxyl groups is 1. The zero-order chi connectivity index (χ0) is 18.0. The molecule has 3 aromatic rings. The minimum absolute atomic E-state index is 0.119. The van der Waals surface area contributed by atoms with Gasteiger partial charge in [0.05, 0.1) is 0 Å². The molecule has 0 saturated carbocycles. The van der Waals surface area contributed by atoms with E-state index in [1.807, 2.05) is 32.0 Å². The summed E-state index contributed by atoms with van der Waals surface area (Å²) < 4.78 is 0. The number of nitrogens with one attached hydrogen (secondary N) is 2. The molecule has 0 spiro atoms. The summed E-state index contributed by atoms with van der Waals surface area (Å²) in [6.07, 6.45) is 0. The van der Waals surface area contributed by atoms with Crippen LogP contribution in [0.15, 0.2) is 54.6 Å². The maximum absolute atomic E-state index is 12.3. The third-order valence-electron chi connectivity index (χ3n) is 4.07. The molecule has 0 heterocycles. The first kappa shape index (κ1) is 16.5. The fourth-order valence-corrected chi connectivity index (χ4v) is 2.76. The van der Waals surface area contributed by atoms with Gasteiger partial charge in [-0.25, -0.2) is 0 Å². The molecule has 0 radical (unpaired) electrons. The molecule has 0 atom stereocenters. The van der Waals surface area contributed by atoms with Gasteiger partial charge < -0.3 is 15.7 Å². The van der Waals surface area contributed by atoms with E-state index in [4.69, 9.17) is 0 Å². The van der Waals surface area contributed by atoms with Gasteiger partial charge in [0.1, 0.15) is 5.75 Å². The molecule has 3 N–H and O–H groups in total. The van der Waals surface area contributed by atoms with Crippen molar-refractivity contribution < 1.29 is 14.7 Å². The van der Waals surface area contributed by atoms with E-state index in [1.54, 1.807) is 36.4 Å². The standard InChI is InChI=1S/C20H18N2O3/c1-12-6-3-7-13(2)18(12)22-20(25)19(24)21-16-10-4-9-15-14(16)8-5-11-17(15)23/h3-11,23H,1-2H3,(H,21,24)(H,22,25). The quantitative estimate of drug-likeness (QED) is 0.625. The molecule has 25 heavy (non-hydrogen) atoms. The highest BCUT2D eigenvalue weighted by atomic mass is 16.3. The Bertz CT molecular complexity index is 960. The molecule has 3 aromatic carbocycles. The largest absolute Gasteiger partial charge is 0.507 e. The Hall–Kier alpha value is -3.34. The van der Waals surface area contributed by atoms with E-state index in [1.165, 1.54) is 0 Å². The lowest BCUT2D eigenvalue weighted by atomic mass is 10.1. The molecule has 0 saturated heterocycles. The number of benzene rings is 3. The first-order valence-electron chi connectivity index (χ1n) is 7.86. The van der Waals surface area contributed by atoms with Gasteiger partial charge in [-0.1, -0.05) is 42.5 Å². The minimum Gasteiger partial charge on any atom is -0.507 e. The van der Waals surface area contributed by atoms with Crippen LogP contribution in [0.1, 0.15) is 11.1 Å². The minimum atomic E-state index is -0.765. The van der Waals surface area contributed by atoms with E-state index in [0.717, 1.165) is 11.1 Å². The number of amides is 2. The van der Waals surface area contributed by atoms with Crippen molar-refractivity contribution in [1.82, 2.24) is 0 Å². The second kappa shape index (κ2) is 6.65. The van der Waals surface area contributed by atoms with Crippen LogP contribution >= 0.6 is 0 Å². The van der Waals surface area contributed by atoms with Crippen molar-refractivity contribution in [3.63, 3.8) is 0 Å². The molecule has 0 unspecified atom stereocenters. The van der Waals surface area contributed by atoms with Crippen LogP contribution in [0.4, 0.5) is 11.4 Å². The summed E-state index contributed by atoms with van der Waals surface area (Å²) in [5, 5.41) is 16.4. The van der Waals surface area contributed by atoms with Gasteiger partial charge >= 0.3 is 11.8 Å². The summed E-state index contributed by atoms with van der Waals surface area (Å²) in [4.78, 5) is 24.5. The average Bonchev–Trinajstić information content (AvgIpc) is 2.59. The Morgan fingerprint density at radius 2 is 1.32 bits per heavy atom. The van der Waals surface area contributed by atoms with Crippen LogP contribution in [0.3, 0.4) is 0 Å². The number of hydrogen-bond acceptors (Lipinski definition) is 3. The Morgan fingerprint density at radius 3 is 2.04 bits per heavy atom. The predicted molar refractivity (Wildman–Crippen MR) is 98.8 cm³/mol. The number of para-hydroxylation sites is 1. The molecule has 5 nitrogen and oxygen atoms in total. The summed E-state index contributed by atoms with van der Waals surface area (Å²) in [6, 6.07) is 15.8. The third kappa shape index (κ3) is 3.30. The van der Waals surface area contributed by atoms with Gasteiger partial charge in [-0.15, -0.1) is 0 Å². The van der Waals surface area contributed by atoms with Gasteiger partial charge in [0.15, 0.2) is 0 Å². The van der Waals surface area contributed by atoms with Crippen LogP contribution in [0, 0.1) is 13.8 Å². The second-order valence-electron chi connectivity index (χ2n) is 5.85. The van der Waals surface area contributed by atoms with Crippen LogP contribution in [0.2, 0.25) is 0 Å². The smallest absolute Gasteiger partial charge is 0.314 e. The Morgan fingerprint density at radius 1 is 0.760 bits per heavy atom. The molecular weight excluding hydrogens is 316 g/mol. The zero-order valence-corrected chi connectivity index (χ0v) is 14.0. The van der Waals surface area contributed by atoms with Crippen molar-refractivity contribution in [3.05, 3.63) is 65.7 Å². The molecule has 0 fully saturated rings. The van der Waals surface area contributed by atoms with Crippen LogP contribution in [0.5, 0.6) is 5.75 Å². The molecule has 0 bridgehead atoms. The van der Waals surface area contributed by atoms with Crippen molar-refractivity contribution in [2.24, 2.45) is 0 Å². The predicted octanol–water partition coefficient (Wildman–Crippen LogP) is 3.74. The normalized spacial score (nSPS) is 10.5. The number of fused-ring (bicyclic) bond motifs is 1. The molecule has 0 aliphatic carbocycles. The Balaban J connectivity index is 1.83. The van der Waals surface area contributed by atoms with Crippen LogP contribution < -0.4 is 10.6 Å². The number of carbonyl (C=O) groups excluding carboxylic acids is 2. The summed E-state index contributed by atoms with van der Waals surface area (Å²) in [7, 11) is 0. The highest BCUT2D eigenvalue weighted by Crippen LogP contribution is 2.29. The molecule has 5 heteroatoms. The summed E-state index contributed by atoms with van der Waals surface area (Å²) >= 11 is 0. The topological polar surface area (TPSA) is 78.4 Å². The van der Waals surface area contributed by atoms with Crippen molar-refractivity contribution in [3.8, 4) is 5.75 Å². The number of hydrogen-bond donors (Lipinski definition) is 3. The lowest BCUT2D eigenvalue weighted by Gasteiger charge is -2.12. The number of rotatable bonds is 2. The first-order chi connectivity index (χ1) is 12.0. The van der Waals surface area contributed by atoms with Gasteiger partial charge in [0, 0.05) is 22.1 Å². The van der Waals surface area contributed by atoms with Crippen LogP contribution in [-0.4, -0.2) is 16.9 Å². The molecule has 2 amide bonds. The molecule has 3 rings (SSSR count). The van der Waals surface area contributed by atoms with E-state index in [-0.39, 0.29) is 5.75 Å². The zero-order valence-electron chi connectivity index (χ0n) is 14.0. The van der Waals surface area contributed by atoms with Gasteiger partial charge in [-0.2, -0.15) is 0 Å². The monoisotopic (exact) mass is 334 g/mol. The number of phenolic OH excluding ortho intramolecular Hbond substituents is 1. The fraction of sp³-hybridized carbons (Fsp3) is 0.100. The number of aryl methyl sites for hydroxylation is 2. The number of anilines is 2. The van der Waals surface area contributed by atoms with Crippen molar-refractivity contribution in [1.29, 1.82) is 0 Å². The molecule has 0 aliphatic heterocycles. The maximum atomic E-state index is 12.3. The SMILES string of the molecule is Cc1cccc(C)c1NC(=O)C(=O)Nc1cccc2c(O)cccc12. The van der Waals surface area contributed by atoms with Crippen LogP contribution in [0.25, 0.3) is 10.8 Å². The second-order valence-corrected chi connectivity index (χ2v) is 5.85. The van der Waals surface area contributed by atoms with Gasteiger partial charge in [-0.3, -0.25) is 9.59 Å². The molecule has 0 aromatic heterocycles. The number of phenols is 1. The summed E-state index contributed by atoms with van der Waals surface area (Å²) in [5.74, 6) is -1.39. The van der Waals surface area contributed by atoms with E-state index in [2.05, 4.69) is 10.6 Å². The Kier molecular flexibility index (Phi) is 4.39. The van der Waals surface area contributed by atoms with Crippen molar-refractivity contribution >= 4 is 34.0 Å².